The molecule has 1 N–H and O–H groups in total. The van der Waals surface area contributed by atoms with Gasteiger partial charge in [-0.25, -0.2) is 4.79 Å². The van der Waals surface area contributed by atoms with Gasteiger partial charge in [0.25, 0.3) is 0 Å². The highest BCUT2D eigenvalue weighted by molar-refractivity contribution is 9.08. The van der Waals surface area contributed by atoms with Crippen LogP contribution in [0.2, 0.25) is 0 Å². The lowest BCUT2D eigenvalue weighted by atomic mass is 10.0. The molecule has 1 rings (SSSR count). The number of carbonyl (C=O) groups is 1. The molecule has 13 heavy (non-hydrogen) atoms. The van der Waals surface area contributed by atoms with Gasteiger partial charge in [0.1, 0.15) is 6.07 Å². The summed E-state index contributed by atoms with van der Waals surface area (Å²) >= 11 is 3.19. The summed E-state index contributed by atoms with van der Waals surface area (Å²) in [5, 5.41) is 18.0. The molecule has 0 saturated carbocycles. The van der Waals surface area contributed by atoms with E-state index in [-0.39, 0.29) is 11.1 Å². The Hall–Kier alpha value is -1.34. The number of alkyl halides is 1. The Labute approximate surface area is 83.7 Å². The summed E-state index contributed by atoms with van der Waals surface area (Å²) < 4.78 is 0. The Morgan fingerprint density at radius 3 is 2.77 bits per heavy atom. The predicted molar refractivity (Wildman–Crippen MR) is 50.7 cm³/mol. The van der Waals surface area contributed by atoms with Gasteiger partial charge in [0.2, 0.25) is 0 Å². The first-order valence-corrected chi connectivity index (χ1v) is 4.64. The van der Waals surface area contributed by atoms with Crippen molar-refractivity contribution < 1.29 is 9.90 Å². The zero-order valence-corrected chi connectivity index (χ0v) is 8.21. The number of hydrogen-bond donors (Lipinski definition) is 1. The third-order valence-corrected chi connectivity index (χ3v) is 2.24. The maximum absolute atomic E-state index is 10.7. The predicted octanol–water partition coefficient (Wildman–Crippen LogP) is 2.15. The molecule has 0 heterocycles. The highest BCUT2D eigenvalue weighted by Gasteiger charge is 2.12. The minimum absolute atomic E-state index is 0.0550. The maximum atomic E-state index is 10.7. The van der Waals surface area contributed by atoms with Gasteiger partial charge in [-0.3, -0.25) is 0 Å². The summed E-state index contributed by atoms with van der Waals surface area (Å²) in [7, 11) is 0. The fraction of sp³-hybridized carbons (Fsp3) is 0.111. The van der Waals surface area contributed by atoms with Crippen LogP contribution in [0, 0.1) is 11.3 Å². The van der Waals surface area contributed by atoms with E-state index in [1.54, 1.807) is 12.1 Å². The topological polar surface area (TPSA) is 61.1 Å². The largest absolute Gasteiger partial charge is 0.478 e. The van der Waals surface area contributed by atoms with Gasteiger partial charge in [-0.15, -0.1) is 0 Å². The van der Waals surface area contributed by atoms with E-state index in [9.17, 15) is 4.79 Å². The number of nitrogens with zero attached hydrogens (tertiary/aromatic N) is 1. The molecular formula is C9H6BrNO2. The van der Waals surface area contributed by atoms with Gasteiger partial charge in [-0.05, 0) is 11.6 Å². The van der Waals surface area contributed by atoms with Crippen LogP contribution in [0.3, 0.4) is 0 Å². The molecule has 1 aromatic rings. The number of halogens is 1. The van der Waals surface area contributed by atoms with Crippen molar-refractivity contribution in [2.75, 3.05) is 0 Å². The first-order valence-electron chi connectivity index (χ1n) is 3.52. The van der Waals surface area contributed by atoms with E-state index < -0.39 is 5.97 Å². The number of nitriles is 1. The van der Waals surface area contributed by atoms with Gasteiger partial charge in [-0.1, -0.05) is 28.1 Å². The van der Waals surface area contributed by atoms with Crippen LogP contribution in [0.5, 0.6) is 0 Å². The van der Waals surface area contributed by atoms with Crippen molar-refractivity contribution in [2.24, 2.45) is 0 Å². The third kappa shape index (κ3) is 1.87. The van der Waals surface area contributed by atoms with E-state index in [1.807, 2.05) is 6.07 Å². The molecule has 3 nitrogen and oxygen atoms in total. The number of rotatable bonds is 2. The van der Waals surface area contributed by atoms with E-state index in [0.717, 1.165) is 0 Å². The molecule has 0 saturated heterocycles. The third-order valence-electron chi connectivity index (χ3n) is 1.64. The van der Waals surface area contributed by atoms with Crippen LogP contribution in [0.25, 0.3) is 0 Å². The highest BCUT2D eigenvalue weighted by Crippen LogP contribution is 2.16. The molecule has 66 valence electrons. The van der Waals surface area contributed by atoms with Crippen molar-refractivity contribution >= 4 is 21.9 Å². The molecule has 0 radical (unpaired) electrons. The molecule has 0 atom stereocenters. The second-order valence-corrected chi connectivity index (χ2v) is 2.95. The fourth-order valence-electron chi connectivity index (χ4n) is 1.02. The Morgan fingerprint density at radius 1 is 1.62 bits per heavy atom. The van der Waals surface area contributed by atoms with E-state index >= 15 is 0 Å². The highest BCUT2D eigenvalue weighted by atomic mass is 79.9. The van der Waals surface area contributed by atoms with Gasteiger partial charge < -0.3 is 5.11 Å². The molecule has 0 aromatic heterocycles. The minimum atomic E-state index is -1.07. The monoisotopic (exact) mass is 239 g/mol. The van der Waals surface area contributed by atoms with Gasteiger partial charge in [0.05, 0.1) is 11.1 Å². The standard InChI is InChI=1S/C9H6BrNO2/c10-4-6-2-1-3-7(9(12)13)8(6)5-11/h1-3H,4H2,(H,12,13). The second-order valence-electron chi connectivity index (χ2n) is 2.39. The van der Waals surface area contributed by atoms with Crippen LogP contribution < -0.4 is 0 Å². The smallest absolute Gasteiger partial charge is 0.337 e. The SMILES string of the molecule is N#Cc1c(CBr)cccc1C(=O)O. The molecule has 0 amide bonds. The number of benzene rings is 1. The lowest BCUT2D eigenvalue weighted by Crippen LogP contribution is -2.02. The Balaban J connectivity index is 3.38. The summed E-state index contributed by atoms with van der Waals surface area (Å²) in [5.74, 6) is -1.07. The second kappa shape index (κ2) is 4.06. The number of carboxylic acids is 1. The fourth-order valence-corrected chi connectivity index (χ4v) is 1.49. The van der Waals surface area contributed by atoms with Gasteiger partial charge >= 0.3 is 5.97 Å². The van der Waals surface area contributed by atoms with Crippen molar-refractivity contribution in [3.8, 4) is 6.07 Å². The molecule has 0 fully saturated rings. The summed E-state index contributed by atoms with van der Waals surface area (Å²) in [4.78, 5) is 10.7. The lowest BCUT2D eigenvalue weighted by molar-refractivity contribution is 0.0696. The van der Waals surface area contributed by atoms with Crippen LogP contribution in [-0.4, -0.2) is 11.1 Å². The Morgan fingerprint density at radius 2 is 2.31 bits per heavy atom. The normalized spacial score (nSPS) is 9.23. The molecule has 0 aliphatic heterocycles. The molecular weight excluding hydrogens is 234 g/mol. The zero-order valence-electron chi connectivity index (χ0n) is 6.62. The quantitative estimate of drug-likeness (QED) is 0.805. The molecule has 4 heteroatoms. The van der Waals surface area contributed by atoms with E-state index in [0.29, 0.717) is 10.9 Å². The summed E-state index contributed by atoms with van der Waals surface area (Å²) in [6, 6.07) is 6.66. The van der Waals surface area contributed by atoms with Crippen molar-refractivity contribution in [1.82, 2.24) is 0 Å². The van der Waals surface area contributed by atoms with Gasteiger partial charge in [0, 0.05) is 5.33 Å². The first kappa shape index (κ1) is 9.75. The Bertz CT molecular complexity index is 382. The first-order chi connectivity index (χ1) is 6.20. The van der Waals surface area contributed by atoms with Gasteiger partial charge in [-0.2, -0.15) is 5.26 Å². The van der Waals surface area contributed by atoms with E-state index in [4.69, 9.17) is 10.4 Å². The maximum Gasteiger partial charge on any atom is 0.337 e. The molecule has 0 spiro atoms. The lowest BCUT2D eigenvalue weighted by Gasteiger charge is -2.02. The van der Waals surface area contributed by atoms with Crippen LogP contribution >= 0.6 is 15.9 Å². The van der Waals surface area contributed by atoms with Crippen molar-refractivity contribution in [3.63, 3.8) is 0 Å². The summed E-state index contributed by atoms with van der Waals surface area (Å²) in [6.07, 6.45) is 0. The molecule has 0 aliphatic rings. The molecule has 1 aromatic carbocycles. The van der Waals surface area contributed by atoms with Crippen LogP contribution in [0.1, 0.15) is 21.5 Å². The summed E-state index contributed by atoms with van der Waals surface area (Å²) in [6.45, 7) is 0. The Kier molecular flexibility index (Phi) is 3.04. The molecule has 0 aliphatic carbocycles. The average molecular weight is 240 g/mol. The van der Waals surface area contributed by atoms with Crippen molar-refractivity contribution in [1.29, 1.82) is 5.26 Å². The van der Waals surface area contributed by atoms with E-state index in [2.05, 4.69) is 15.9 Å². The van der Waals surface area contributed by atoms with Crippen LogP contribution in [0.4, 0.5) is 0 Å². The van der Waals surface area contributed by atoms with Crippen molar-refractivity contribution in [3.05, 3.63) is 34.9 Å². The molecule has 0 unspecified atom stereocenters. The van der Waals surface area contributed by atoms with Crippen molar-refractivity contribution in [2.45, 2.75) is 5.33 Å². The average Bonchev–Trinajstić information content (AvgIpc) is 2.16. The summed E-state index contributed by atoms with van der Waals surface area (Å²) in [5.41, 5.74) is 0.980. The van der Waals surface area contributed by atoms with Crippen LogP contribution in [0.15, 0.2) is 18.2 Å². The number of aromatic carboxylic acids is 1. The zero-order chi connectivity index (χ0) is 9.84. The number of hydrogen-bond acceptors (Lipinski definition) is 2. The molecule has 0 bridgehead atoms. The van der Waals surface area contributed by atoms with E-state index in [1.165, 1.54) is 6.07 Å². The number of carboxylic acid groups (broad SMARTS) is 1. The minimum Gasteiger partial charge on any atom is -0.478 e. The van der Waals surface area contributed by atoms with Crippen LogP contribution in [-0.2, 0) is 5.33 Å². The van der Waals surface area contributed by atoms with Gasteiger partial charge in [0.15, 0.2) is 0 Å².